The van der Waals surface area contributed by atoms with Crippen LogP contribution in [0.15, 0.2) is 41.0 Å². The molecule has 1 saturated heterocycles. The summed E-state index contributed by atoms with van der Waals surface area (Å²) in [5.41, 5.74) is 0.526. The quantitative estimate of drug-likeness (QED) is 0.647. The van der Waals surface area contributed by atoms with Gasteiger partial charge in [-0.25, -0.2) is 9.67 Å². The van der Waals surface area contributed by atoms with Crippen molar-refractivity contribution >= 4 is 29.1 Å². The van der Waals surface area contributed by atoms with Crippen LogP contribution in [0.5, 0.6) is 0 Å². The van der Waals surface area contributed by atoms with Crippen molar-refractivity contribution < 1.29 is 9.21 Å². The zero-order valence-corrected chi connectivity index (χ0v) is 16.8. The van der Waals surface area contributed by atoms with E-state index in [1.54, 1.807) is 36.3 Å². The van der Waals surface area contributed by atoms with Crippen LogP contribution < -0.4 is 0 Å². The molecule has 3 heterocycles. The molecule has 28 heavy (non-hydrogen) atoms. The highest BCUT2D eigenvalue weighted by molar-refractivity contribution is 6.37. The third kappa shape index (κ3) is 3.78. The Balaban J connectivity index is 1.46. The first kappa shape index (κ1) is 19.0. The predicted octanol–water partition coefficient (Wildman–Crippen LogP) is 3.43. The SMILES string of the molecule is Cc1nc(C(=O)N2CCN(Cc3ccco3)CC2)nn1-c1c(Cl)cccc1Cl. The van der Waals surface area contributed by atoms with Crippen molar-refractivity contribution in [3.63, 3.8) is 0 Å². The summed E-state index contributed by atoms with van der Waals surface area (Å²) in [7, 11) is 0. The van der Waals surface area contributed by atoms with E-state index in [-0.39, 0.29) is 11.7 Å². The highest BCUT2D eigenvalue weighted by atomic mass is 35.5. The maximum Gasteiger partial charge on any atom is 0.293 e. The number of para-hydroxylation sites is 1. The number of hydrogen-bond acceptors (Lipinski definition) is 5. The number of rotatable bonds is 4. The smallest absolute Gasteiger partial charge is 0.293 e. The maximum absolute atomic E-state index is 12.9. The zero-order valence-electron chi connectivity index (χ0n) is 15.3. The molecule has 0 aliphatic carbocycles. The standard InChI is InChI=1S/C19H19Cl2N5O2/c1-13-22-18(23-26(13)17-15(20)5-2-6-16(17)21)19(27)25-9-7-24(8-10-25)12-14-4-3-11-28-14/h2-6,11H,7-10,12H2,1H3. The molecular formula is C19H19Cl2N5O2. The van der Waals surface area contributed by atoms with Gasteiger partial charge in [0.05, 0.1) is 22.9 Å². The Morgan fingerprint density at radius 2 is 1.82 bits per heavy atom. The van der Waals surface area contributed by atoms with Gasteiger partial charge in [-0.3, -0.25) is 9.69 Å². The molecule has 0 saturated carbocycles. The van der Waals surface area contributed by atoms with Gasteiger partial charge in [-0.05, 0) is 31.2 Å². The van der Waals surface area contributed by atoms with Gasteiger partial charge in [-0.2, -0.15) is 0 Å². The summed E-state index contributed by atoms with van der Waals surface area (Å²) >= 11 is 12.5. The molecule has 2 aromatic heterocycles. The van der Waals surface area contributed by atoms with Crippen LogP contribution in [0.3, 0.4) is 0 Å². The minimum Gasteiger partial charge on any atom is -0.468 e. The topological polar surface area (TPSA) is 67.4 Å². The minimum atomic E-state index is -0.192. The summed E-state index contributed by atoms with van der Waals surface area (Å²) in [6.07, 6.45) is 1.67. The van der Waals surface area contributed by atoms with Gasteiger partial charge in [-0.1, -0.05) is 29.3 Å². The van der Waals surface area contributed by atoms with E-state index in [1.165, 1.54) is 4.68 Å². The number of benzene rings is 1. The Hall–Kier alpha value is -2.35. The molecule has 1 aromatic carbocycles. The Labute approximate surface area is 172 Å². The predicted molar refractivity (Wildman–Crippen MR) is 106 cm³/mol. The lowest BCUT2D eigenvalue weighted by molar-refractivity contribution is 0.0608. The van der Waals surface area contributed by atoms with Crippen LogP contribution in [0.2, 0.25) is 10.0 Å². The van der Waals surface area contributed by atoms with E-state index in [2.05, 4.69) is 15.0 Å². The number of amides is 1. The van der Waals surface area contributed by atoms with Crippen molar-refractivity contribution in [2.24, 2.45) is 0 Å². The molecule has 0 radical (unpaired) electrons. The summed E-state index contributed by atoms with van der Waals surface area (Å²) in [4.78, 5) is 21.2. The number of nitrogens with zero attached hydrogens (tertiary/aromatic N) is 5. The van der Waals surface area contributed by atoms with Gasteiger partial charge in [0.15, 0.2) is 0 Å². The highest BCUT2D eigenvalue weighted by Crippen LogP contribution is 2.28. The van der Waals surface area contributed by atoms with Crippen molar-refractivity contribution in [2.45, 2.75) is 13.5 Å². The van der Waals surface area contributed by atoms with Crippen LogP contribution in [0.25, 0.3) is 5.69 Å². The normalized spacial score (nSPS) is 15.2. The van der Waals surface area contributed by atoms with Gasteiger partial charge >= 0.3 is 0 Å². The van der Waals surface area contributed by atoms with Crippen LogP contribution >= 0.6 is 23.2 Å². The lowest BCUT2D eigenvalue weighted by Gasteiger charge is -2.33. The van der Waals surface area contributed by atoms with Crippen LogP contribution in [0.4, 0.5) is 0 Å². The summed E-state index contributed by atoms with van der Waals surface area (Å²) in [6.45, 7) is 5.27. The molecule has 0 atom stereocenters. The molecule has 146 valence electrons. The summed E-state index contributed by atoms with van der Waals surface area (Å²) in [5.74, 6) is 1.43. The highest BCUT2D eigenvalue weighted by Gasteiger charge is 2.26. The summed E-state index contributed by atoms with van der Waals surface area (Å²) in [6, 6.07) is 9.04. The molecule has 0 N–H and O–H groups in total. The summed E-state index contributed by atoms with van der Waals surface area (Å²) in [5, 5.41) is 5.27. The Kier molecular flexibility index (Phi) is 5.39. The number of halogens is 2. The number of carbonyl (C=O) groups is 1. The number of carbonyl (C=O) groups excluding carboxylic acids is 1. The Morgan fingerprint density at radius 3 is 2.46 bits per heavy atom. The van der Waals surface area contributed by atoms with Crippen LogP contribution in [-0.4, -0.2) is 56.7 Å². The van der Waals surface area contributed by atoms with E-state index in [9.17, 15) is 4.79 Å². The van der Waals surface area contributed by atoms with E-state index in [1.807, 2.05) is 12.1 Å². The minimum absolute atomic E-state index is 0.146. The molecule has 9 heteroatoms. The van der Waals surface area contributed by atoms with Crippen molar-refractivity contribution in [1.29, 1.82) is 0 Å². The second-order valence-corrected chi connectivity index (χ2v) is 7.43. The van der Waals surface area contributed by atoms with Crippen LogP contribution in [0.1, 0.15) is 22.2 Å². The fourth-order valence-electron chi connectivity index (χ4n) is 3.26. The lowest BCUT2D eigenvalue weighted by atomic mass is 10.3. The maximum atomic E-state index is 12.9. The van der Waals surface area contributed by atoms with Gasteiger partial charge in [-0.15, -0.1) is 5.10 Å². The number of aromatic nitrogens is 3. The third-order valence-electron chi connectivity index (χ3n) is 4.73. The van der Waals surface area contributed by atoms with Crippen molar-refractivity contribution in [3.05, 3.63) is 64.0 Å². The molecule has 1 amide bonds. The van der Waals surface area contributed by atoms with E-state index < -0.39 is 0 Å². The molecule has 1 fully saturated rings. The fraction of sp³-hybridized carbons (Fsp3) is 0.316. The average Bonchev–Trinajstić information content (AvgIpc) is 3.32. The van der Waals surface area contributed by atoms with Gasteiger partial charge in [0.25, 0.3) is 5.91 Å². The second-order valence-electron chi connectivity index (χ2n) is 6.61. The van der Waals surface area contributed by atoms with Gasteiger partial charge < -0.3 is 9.32 Å². The van der Waals surface area contributed by atoms with E-state index in [4.69, 9.17) is 27.6 Å². The second kappa shape index (κ2) is 7.95. The molecule has 0 spiro atoms. The molecule has 0 bridgehead atoms. The molecule has 4 rings (SSSR count). The van der Waals surface area contributed by atoms with Crippen LogP contribution in [0, 0.1) is 6.92 Å². The third-order valence-corrected chi connectivity index (χ3v) is 5.34. The largest absolute Gasteiger partial charge is 0.468 e. The zero-order chi connectivity index (χ0) is 19.7. The Morgan fingerprint density at radius 1 is 1.11 bits per heavy atom. The Bertz CT molecular complexity index is 958. The first-order chi connectivity index (χ1) is 13.5. The van der Waals surface area contributed by atoms with Gasteiger partial charge in [0.2, 0.25) is 5.82 Å². The fourth-order valence-corrected chi connectivity index (χ4v) is 3.81. The first-order valence-electron chi connectivity index (χ1n) is 8.95. The van der Waals surface area contributed by atoms with E-state index in [0.29, 0.717) is 34.6 Å². The van der Waals surface area contributed by atoms with E-state index >= 15 is 0 Å². The number of furan rings is 1. The molecule has 0 unspecified atom stereocenters. The van der Waals surface area contributed by atoms with Crippen molar-refractivity contribution in [1.82, 2.24) is 24.6 Å². The number of piperazine rings is 1. The lowest BCUT2D eigenvalue weighted by Crippen LogP contribution is -2.48. The van der Waals surface area contributed by atoms with Crippen LogP contribution in [-0.2, 0) is 6.54 Å². The molecule has 1 aliphatic rings. The summed E-state index contributed by atoms with van der Waals surface area (Å²) < 4.78 is 6.91. The number of aryl methyl sites for hydroxylation is 1. The molecule has 3 aromatic rings. The molecule has 1 aliphatic heterocycles. The van der Waals surface area contributed by atoms with Crippen molar-refractivity contribution in [3.8, 4) is 5.69 Å². The molecular weight excluding hydrogens is 401 g/mol. The van der Waals surface area contributed by atoms with E-state index in [0.717, 1.165) is 25.4 Å². The monoisotopic (exact) mass is 419 g/mol. The van der Waals surface area contributed by atoms with Gasteiger partial charge in [0, 0.05) is 26.2 Å². The molecule has 7 nitrogen and oxygen atoms in total. The first-order valence-corrected chi connectivity index (χ1v) is 9.70. The van der Waals surface area contributed by atoms with Crippen molar-refractivity contribution in [2.75, 3.05) is 26.2 Å². The average molecular weight is 420 g/mol. The van der Waals surface area contributed by atoms with Gasteiger partial charge in [0.1, 0.15) is 17.3 Å². The number of hydrogen-bond donors (Lipinski definition) is 0.